The van der Waals surface area contributed by atoms with E-state index >= 15 is 0 Å². The summed E-state index contributed by atoms with van der Waals surface area (Å²) >= 11 is 0. The quantitative estimate of drug-likeness (QED) is 0.294. The van der Waals surface area contributed by atoms with E-state index in [-0.39, 0.29) is 49.3 Å². The summed E-state index contributed by atoms with van der Waals surface area (Å²) in [6, 6.07) is 10.7. The number of carboxylic acids is 1. The molecule has 0 aliphatic heterocycles. The zero-order valence-corrected chi connectivity index (χ0v) is 26.7. The third-order valence-corrected chi connectivity index (χ3v) is 5.08. The second-order valence-electron chi connectivity index (χ2n) is 11.8. The maximum absolute atomic E-state index is 12.0. The minimum absolute atomic E-state index is 0.000833. The predicted molar refractivity (Wildman–Crippen MR) is 160 cm³/mol. The SMILES string of the molecule is CC(CC(=O)OC(C)(C)C)C(=O)Cc1ccccn1.COC(=O)[C@H](C)CC(=O)OC(C)(C)C.O=C(O)Cc1ccccn1. The number of Topliss-reactive ketones (excluding diaryl/α,β-unsaturated/α-hetero) is 1. The minimum atomic E-state index is -0.848. The summed E-state index contributed by atoms with van der Waals surface area (Å²) in [7, 11) is 1.30. The fraction of sp³-hybridized carbons (Fsp3) is 0.531. The number of aromatic nitrogens is 2. The fourth-order valence-corrected chi connectivity index (χ4v) is 3.18. The van der Waals surface area contributed by atoms with Crippen LogP contribution in [-0.2, 0) is 51.0 Å². The molecule has 2 heterocycles. The zero-order chi connectivity index (χ0) is 33.2. The molecular weight excluding hydrogens is 556 g/mol. The van der Waals surface area contributed by atoms with Crippen molar-refractivity contribution >= 4 is 29.7 Å². The standard InChI is InChI=1S/C15H21NO3.C10H18O4.C7H7NO2/c1-11(9-14(18)19-15(2,3)4)13(17)10-12-7-5-6-8-16-12;1-7(9(12)13-5)6-8(11)14-10(2,3)4;9-7(10)5-6-3-1-2-4-8-6/h5-8,11H,9-10H2,1-4H3;7H,6H2,1-5H3;1-4H,5H2,(H,9,10)/t;7-;/m.1./s1. The number of hydrogen-bond donors (Lipinski definition) is 1. The number of methoxy groups -OCH3 is 1. The normalized spacial score (nSPS) is 12.1. The largest absolute Gasteiger partial charge is 0.481 e. The first kappa shape index (κ1) is 38.9. The van der Waals surface area contributed by atoms with Crippen molar-refractivity contribution in [2.75, 3.05) is 7.11 Å². The summed E-state index contributed by atoms with van der Waals surface area (Å²) in [5, 5.41) is 8.33. The van der Waals surface area contributed by atoms with Gasteiger partial charge in [0.1, 0.15) is 17.0 Å². The Kier molecular flexibility index (Phi) is 17.3. The van der Waals surface area contributed by atoms with Gasteiger partial charge in [0.25, 0.3) is 0 Å². The molecule has 0 saturated carbocycles. The molecule has 1 N–H and O–H groups in total. The molecule has 1 unspecified atom stereocenters. The molecule has 0 amide bonds. The van der Waals surface area contributed by atoms with E-state index in [0.29, 0.717) is 5.69 Å². The molecule has 0 spiro atoms. The molecular formula is C32H46N2O9. The number of ketones is 1. The van der Waals surface area contributed by atoms with Crippen LogP contribution in [0, 0.1) is 11.8 Å². The predicted octanol–water partition coefficient (Wildman–Crippen LogP) is 4.80. The maximum Gasteiger partial charge on any atom is 0.309 e. The van der Waals surface area contributed by atoms with Gasteiger partial charge in [-0.25, -0.2) is 0 Å². The lowest BCUT2D eigenvalue weighted by atomic mass is 9.98. The van der Waals surface area contributed by atoms with Gasteiger partial charge in [-0.15, -0.1) is 0 Å². The molecule has 0 aliphatic carbocycles. The van der Waals surface area contributed by atoms with E-state index in [1.165, 1.54) is 7.11 Å². The van der Waals surface area contributed by atoms with Crippen LogP contribution >= 0.6 is 0 Å². The third kappa shape index (κ3) is 21.2. The van der Waals surface area contributed by atoms with Crippen molar-refractivity contribution in [3.63, 3.8) is 0 Å². The molecule has 0 bridgehead atoms. The average molecular weight is 603 g/mol. The third-order valence-electron chi connectivity index (χ3n) is 5.08. The van der Waals surface area contributed by atoms with Crippen LogP contribution in [0.1, 0.15) is 79.6 Å². The lowest BCUT2D eigenvalue weighted by molar-refractivity contribution is -0.160. The number of carbonyl (C=O) groups excluding carboxylic acids is 4. The number of pyridine rings is 2. The van der Waals surface area contributed by atoms with E-state index in [1.807, 2.05) is 26.8 Å². The highest BCUT2D eigenvalue weighted by atomic mass is 16.6. The smallest absolute Gasteiger partial charge is 0.309 e. The average Bonchev–Trinajstić information content (AvgIpc) is 2.87. The number of rotatable bonds is 10. The Morgan fingerprint density at radius 1 is 0.721 bits per heavy atom. The van der Waals surface area contributed by atoms with Crippen molar-refractivity contribution < 1.29 is 43.3 Å². The minimum Gasteiger partial charge on any atom is -0.481 e. The Labute approximate surface area is 254 Å². The van der Waals surface area contributed by atoms with E-state index in [9.17, 15) is 24.0 Å². The van der Waals surface area contributed by atoms with Crippen molar-refractivity contribution in [3.05, 3.63) is 60.2 Å². The molecule has 0 saturated heterocycles. The van der Waals surface area contributed by atoms with Gasteiger partial charge >= 0.3 is 23.9 Å². The topological polar surface area (TPSA) is 159 Å². The Hall–Kier alpha value is -4.15. The van der Waals surface area contributed by atoms with Gasteiger partial charge < -0.3 is 19.3 Å². The number of nitrogens with zero attached hydrogens (tertiary/aromatic N) is 2. The molecule has 0 aliphatic rings. The Balaban J connectivity index is 0.000000648. The lowest BCUT2D eigenvalue weighted by Crippen LogP contribution is -2.27. The van der Waals surface area contributed by atoms with Crippen molar-refractivity contribution in [2.45, 2.75) is 92.3 Å². The summed E-state index contributed by atoms with van der Waals surface area (Å²) in [5.41, 5.74) is 0.298. The maximum atomic E-state index is 12.0. The zero-order valence-electron chi connectivity index (χ0n) is 26.7. The van der Waals surface area contributed by atoms with Gasteiger partial charge in [-0.2, -0.15) is 0 Å². The van der Waals surface area contributed by atoms with Gasteiger partial charge in [-0.3, -0.25) is 33.9 Å². The van der Waals surface area contributed by atoms with Gasteiger partial charge in [-0.1, -0.05) is 26.0 Å². The molecule has 43 heavy (non-hydrogen) atoms. The summed E-state index contributed by atoms with van der Waals surface area (Å²) in [4.78, 5) is 63.9. The molecule has 0 fully saturated rings. The number of esters is 3. The van der Waals surface area contributed by atoms with E-state index < -0.39 is 29.1 Å². The highest BCUT2D eigenvalue weighted by Crippen LogP contribution is 2.14. The first-order valence-corrected chi connectivity index (χ1v) is 13.9. The van der Waals surface area contributed by atoms with Crippen molar-refractivity contribution in [3.8, 4) is 0 Å². The fourth-order valence-electron chi connectivity index (χ4n) is 3.18. The van der Waals surface area contributed by atoms with Crippen LogP contribution in [0.25, 0.3) is 0 Å². The van der Waals surface area contributed by atoms with E-state index in [4.69, 9.17) is 14.6 Å². The molecule has 0 aromatic carbocycles. The monoisotopic (exact) mass is 602 g/mol. The van der Waals surface area contributed by atoms with Gasteiger partial charge in [0.15, 0.2) is 0 Å². The second-order valence-corrected chi connectivity index (χ2v) is 11.8. The molecule has 0 radical (unpaired) electrons. The number of carbonyl (C=O) groups is 5. The summed E-state index contributed by atoms with van der Waals surface area (Å²) in [5.74, 6) is -2.75. The molecule has 2 rings (SSSR count). The molecule has 2 atom stereocenters. The van der Waals surface area contributed by atoms with Crippen molar-refractivity contribution in [1.82, 2.24) is 9.97 Å². The molecule has 238 valence electrons. The molecule has 2 aromatic rings. The van der Waals surface area contributed by atoms with Crippen LogP contribution in [-0.4, -0.2) is 63.0 Å². The van der Waals surface area contributed by atoms with E-state index in [0.717, 1.165) is 5.69 Å². The number of aliphatic carboxylic acids is 1. The van der Waals surface area contributed by atoms with Crippen LogP contribution in [0.5, 0.6) is 0 Å². The van der Waals surface area contributed by atoms with Gasteiger partial charge in [0, 0.05) is 30.4 Å². The Bertz CT molecular complexity index is 1150. The van der Waals surface area contributed by atoms with Crippen LogP contribution < -0.4 is 0 Å². The highest BCUT2D eigenvalue weighted by molar-refractivity contribution is 5.86. The van der Waals surface area contributed by atoms with Crippen LogP contribution in [0.4, 0.5) is 0 Å². The van der Waals surface area contributed by atoms with Crippen LogP contribution in [0.15, 0.2) is 48.8 Å². The summed E-state index contributed by atoms with van der Waals surface area (Å²) in [6.07, 6.45) is 3.66. The molecule has 11 heteroatoms. The Morgan fingerprint density at radius 3 is 1.49 bits per heavy atom. The summed E-state index contributed by atoms with van der Waals surface area (Å²) in [6.45, 7) is 14.2. The first-order valence-electron chi connectivity index (χ1n) is 13.9. The molecule has 11 nitrogen and oxygen atoms in total. The van der Waals surface area contributed by atoms with Gasteiger partial charge in [-0.05, 0) is 65.8 Å². The van der Waals surface area contributed by atoms with Crippen molar-refractivity contribution in [2.24, 2.45) is 11.8 Å². The number of ether oxygens (including phenoxy) is 3. The summed E-state index contributed by atoms with van der Waals surface area (Å²) < 4.78 is 14.8. The first-order chi connectivity index (χ1) is 19.8. The Morgan fingerprint density at radius 2 is 1.14 bits per heavy atom. The number of hydrogen-bond acceptors (Lipinski definition) is 10. The lowest BCUT2D eigenvalue weighted by Gasteiger charge is -2.20. The van der Waals surface area contributed by atoms with E-state index in [2.05, 4.69) is 14.7 Å². The van der Waals surface area contributed by atoms with E-state index in [1.54, 1.807) is 77.3 Å². The van der Waals surface area contributed by atoms with Crippen LogP contribution in [0.2, 0.25) is 0 Å². The molecule has 2 aromatic heterocycles. The van der Waals surface area contributed by atoms with Crippen molar-refractivity contribution in [1.29, 1.82) is 0 Å². The van der Waals surface area contributed by atoms with Gasteiger partial charge in [0.2, 0.25) is 0 Å². The number of carboxylic acid groups (broad SMARTS) is 1. The second kappa shape index (κ2) is 19.1. The highest BCUT2D eigenvalue weighted by Gasteiger charge is 2.23. The van der Waals surface area contributed by atoms with Crippen LogP contribution in [0.3, 0.4) is 0 Å². The van der Waals surface area contributed by atoms with Gasteiger partial charge in [0.05, 0.1) is 38.0 Å².